The van der Waals surface area contributed by atoms with E-state index >= 15 is 0 Å². The van der Waals surface area contributed by atoms with E-state index in [-0.39, 0.29) is 24.3 Å². The molecule has 0 bridgehead atoms. The normalized spacial score (nSPS) is 21.8. The summed E-state index contributed by atoms with van der Waals surface area (Å²) in [6, 6.07) is 8.42. The van der Waals surface area contributed by atoms with Gasteiger partial charge < -0.3 is 24.5 Å². The molecule has 2 aliphatic rings. The first-order chi connectivity index (χ1) is 16.4. The number of aromatic nitrogens is 4. The number of piperazine rings is 1. The summed E-state index contributed by atoms with van der Waals surface area (Å²) in [5.74, 6) is 0.628. The topological polar surface area (TPSA) is 111 Å². The van der Waals surface area contributed by atoms with Crippen molar-refractivity contribution in [2.24, 2.45) is 0 Å². The van der Waals surface area contributed by atoms with Crippen molar-refractivity contribution in [1.82, 2.24) is 25.1 Å². The van der Waals surface area contributed by atoms with Crippen LogP contribution < -0.4 is 9.80 Å². The Kier molecular flexibility index (Phi) is 5.99. The number of nitrogens with one attached hydrogen (secondary N) is 1. The van der Waals surface area contributed by atoms with E-state index in [2.05, 4.69) is 63.1 Å². The zero-order valence-corrected chi connectivity index (χ0v) is 19.8. The number of methoxy groups -OCH3 is 1. The molecule has 2 fully saturated rings. The quantitative estimate of drug-likeness (QED) is 0.607. The molecule has 2 N–H and O–H groups in total. The minimum Gasteiger partial charge on any atom is -0.453 e. The second kappa shape index (κ2) is 9.09. The van der Waals surface area contributed by atoms with Gasteiger partial charge in [0.1, 0.15) is 16.7 Å². The van der Waals surface area contributed by atoms with Crippen LogP contribution in [-0.2, 0) is 4.74 Å². The van der Waals surface area contributed by atoms with Crippen LogP contribution in [0.15, 0.2) is 30.5 Å². The highest BCUT2D eigenvalue weighted by molar-refractivity contribution is 5.90. The van der Waals surface area contributed by atoms with Crippen LogP contribution >= 0.6 is 0 Å². The summed E-state index contributed by atoms with van der Waals surface area (Å²) in [5.41, 5.74) is 4.47. The first kappa shape index (κ1) is 22.4. The fourth-order valence-electron chi connectivity index (χ4n) is 5.08. The van der Waals surface area contributed by atoms with Crippen LogP contribution in [0.5, 0.6) is 0 Å². The van der Waals surface area contributed by atoms with Crippen molar-refractivity contribution >= 4 is 28.8 Å². The molecule has 10 nitrogen and oxygen atoms in total. The summed E-state index contributed by atoms with van der Waals surface area (Å²) in [6.45, 7) is 6.95. The van der Waals surface area contributed by atoms with Gasteiger partial charge in [-0.15, -0.1) is 0 Å². The van der Waals surface area contributed by atoms with Crippen molar-refractivity contribution in [1.29, 1.82) is 0 Å². The number of fused-ring (bicyclic) bond motifs is 1. The first-order valence-corrected chi connectivity index (χ1v) is 11.8. The maximum Gasteiger partial charge on any atom is 0.409 e. The number of carbonyl (C=O) groups excluding carboxylic acids is 1. The number of ether oxygens (including phenoxy) is 1. The lowest BCUT2D eigenvalue weighted by atomic mass is 10.1. The van der Waals surface area contributed by atoms with Gasteiger partial charge in [0, 0.05) is 49.5 Å². The average molecular weight is 466 g/mol. The van der Waals surface area contributed by atoms with Crippen LogP contribution in [0.2, 0.25) is 0 Å². The third kappa shape index (κ3) is 4.13. The zero-order valence-electron chi connectivity index (χ0n) is 19.8. The minimum absolute atomic E-state index is 0.0398. The first-order valence-electron chi connectivity index (χ1n) is 11.8. The van der Waals surface area contributed by atoms with Crippen LogP contribution in [0, 0.1) is 0 Å². The molecule has 2 aliphatic heterocycles. The number of aliphatic hydroxyl groups excluding tert-OH is 1. The van der Waals surface area contributed by atoms with E-state index in [1.165, 1.54) is 7.11 Å². The van der Waals surface area contributed by atoms with Crippen LogP contribution in [0.4, 0.5) is 16.4 Å². The second-order valence-electron chi connectivity index (χ2n) is 9.25. The predicted octanol–water partition coefficient (Wildman–Crippen LogP) is 2.65. The van der Waals surface area contributed by atoms with Crippen molar-refractivity contribution in [2.45, 2.75) is 44.9 Å². The SMILES string of the molecule is COC(=O)N1C[C@@H](C)N(c2ncc3[nH]nc(-c4ccc(N5CCC(O)CC5)cc4)c3n2)[C@@H](C)C1. The third-order valence-electron chi connectivity index (χ3n) is 6.84. The van der Waals surface area contributed by atoms with E-state index in [0.29, 0.717) is 19.0 Å². The van der Waals surface area contributed by atoms with Gasteiger partial charge >= 0.3 is 6.09 Å². The fourth-order valence-corrected chi connectivity index (χ4v) is 5.08. The second-order valence-corrected chi connectivity index (χ2v) is 9.25. The van der Waals surface area contributed by atoms with Gasteiger partial charge in [0.25, 0.3) is 0 Å². The summed E-state index contributed by atoms with van der Waals surface area (Å²) in [6.07, 6.45) is 2.88. The molecule has 0 radical (unpaired) electrons. The Labute approximate surface area is 198 Å². The van der Waals surface area contributed by atoms with Crippen molar-refractivity contribution in [3.05, 3.63) is 30.5 Å². The molecular weight excluding hydrogens is 434 g/mol. The molecule has 5 rings (SSSR count). The standard InChI is InChI=1S/C24H31N7O3/c1-15-13-30(24(33)34-3)14-16(2)31(15)23-25-12-20-22(26-23)21(28-27-20)17-4-6-18(7-5-17)29-10-8-19(32)9-11-29/h4-7,12,15-16,19,32H,8-11,13-14H2,1-3H3,(H,27,28)/t15-,16+. The Morgan fingerprint density at radius 1 is 1.12 bits per heavy atom. The summed E-state index contributed by atoms with van der Waals surface area (Å²) < 4.78 is 4.90. The molecule has 2 saturated heterocycles. The molecule has 0 unspecified atom stereocenters. The van der Waals surface area contributed by atoms with Crippen molar-refractivity contribution in [2.75, 3.05) is 43.1 Å². The lowest BCUT2D eigenvalue weighted by molar-refractivity contribution is 0.109. The maximum atomic E-state index is 12.0. The van der Waals surface area contributed by atoms with Gasteiger partial charge in [-0.2, -0.15) is 5.10 Å². The minimum atomic E-state index is -0.309. The molecule has 0 aliphatic carbocycles. The van der Waals surface area contributed by atoms with E-state index in [0.717, 1.165) is 53.9 Å². The van der Waals surface area contributed by atoms with Crippen molar-refractivity contribution in [3.63, 3.8) is 0 Å². The predicted molar refractivity (Wildman–Crippen MR) is 130 cm³/mol. The van der Waals surface area contributed by atoms with Crippen LogP contribution in [0.25, 0.3) is 22.3 Å². The number of aromatic amines is 1. The third-order valence-corrected chi connectivity index (χ3v) is 6.84. The molecule has 0 spiro atoms. The number of rotatable bonds is 3. The highest BCUT2D eigenvalue weighted by atomic mass is 16.5. The molecule has 180 valence electrons. The van der Waals surface area contributed by atoms with E-state index in [4.69, 9.17) is 9.72 Å². The molecule has 10 heteroatoms. The van der Waals surface area contributed by atoms with Crippen molar-refractivity contribution in [3.8, 4) is 11.3 Å². The Morgan fingerprint density at radius 3 is 2.44 bits per heavy atom. The van der Waals surface area contributed by atoms with Crippen LogP contribution in [-0.4, -0.2) is 87.7 Å². The lowest BCUT2D eigenvalue weighted by Gasteiger charge is -2.43. The summed E-state index contributed by atoms with van der Waals surface area (Å²) in [5, 5.41) is 17.3. The van der Waals surface area contributed by atoms with Gasteiger partial charge in [0.15, 0.2) is 0 Å². The number of H-pyrrole nitrogens is 1. The van der Waals surface area contributed by atoms with Gasteiger partial charge in [0.2, 0.25) is 5.95 Å². The number of piperidine rings is 1. The number of anilines is 2. The molecule has 0 saturated carbocycles. The van der Waals surface area contributed by atoms with Gasteiger partial charge in [-0.05, 0) is 38.8 Å². The fraction of sp³-hybridized carbons (Fsp3) is 0.500. The number of hydrogen-bond donors (Lipinski definition) is 2. The largest absolute Gasteiger partial charge is 0.453 e. The van der Waals surface area contributed by atoms with Gasteiger partial charge in [-0.25, -0.2) is 14.8 Å². The highest BCUT2D eigenvalue weighted by Crippen LogP contribution is 2.30. The number of benzene rings is 1. The van der Waals surface area contributed by atoms with E-state index < -0.39 is 0 Å². The van der Waals surface area contributed by atoms with Crippen LogP contribution in [0.1, 0.15) is 26.7 Å². The highest BCUT2D eigenvalue weighted by Gasteiger charge is 2.34. The number of hydrogen-bond acceptors (Lipinski definition) is 8. The average Bonchev–Trinajstić information content (AvgIpc) is 3.27. The van der Waals surface area contributed by atoms with E-state index in [9.17, 15) is 9.90 Å². The van der Waals surface area contributed by atoms with Gasteiger partial charge in [-0.1, -0.05) is 12.1 Å². The molecule has 34 heavy (non-hydrogen) atoms. The number of nitrogens with zero attached hydrogens (tertiary/aromatic N) is 6. The smallest absolute Gasteiger partial charge is 0.409 e. The zero-order chi connectivity index (χ0) is 23.8. The maximum absolute atomic E-state index is 12.0. The summed E-state index contributed by atoms with van der Waals surface area (Å²) in [7, 11) is 1.41. The Hall–Kier alpha value is -3.40. The Balaban J connectivity index is 1.40. The van der Waals surface area contributed by atoms with Gasteiger partial charge in [0.05, 0.1) is 19.4 Å². The number of carbonyl (C=O) groups is 1. The summed E-state index contributed by atoms with van der Waals surface area (Å²) in [4.78, 5) is 27.7. The summed E-state index contributed by atoms with van der Waals surface area (Å²) >= 11 is 0. The van der Waals surface area contributed by atoms with Gasteiger partial charge in [-0.3, -0.25) is 5.10 Å². The molecule has 4 heterocycles. The Bertz CT molecular complexity index is 1150. The monoisotopic (exact) mass is 465 g/mol. The molecule has 1 aromatic carbocycles. The van der Waals surface area contributed by atoms with E-state index in [1.54, 1.807) is 11.1 Å². The lowest BCUT2D eigenvalue weighted by Crippen LogP contribution is -2.58. The number of aliphatic hydroxyl groups is 1. The van der Waals surface area contributed by atoms with Crippen LogP contribution in [0.3, 0.4) is 0 Å². The molecule has 2 atom stereocenters. The molecule has 1 amide bonds. The van der Waals surface area contributed by atoms with E-state index in [1.807, 2.05) is 0 Å². The molecule has 3 aromatic rings. The van der Waals surface area contributed by atoms with Crippen molar-refractivity contribution < 1.29 is 14.6 Å². The molecular formula is C24H31N7O3. The Morgan fingerprint density at radius 2 is 1.79 bits per heavy atom. The molecule has 2 aromatic heterocycles. The number of amides is 1.